The first kappa shape index (κ1) is 27.0. The van der Waals surface area contributed by atoms with Gasteiger partial charge in [-0.25, -0.2) is 18.5 Å². The largest absolute Gasteiger partial charge is 0.497 e. The lowest BCUT2D eigenvalue weighted by Crippen LogP contribution is -2.14. The molecule has 0 aliphatic heterocycles. The number of aromatic nitrogens is 3. The van der Waals surface area contributed by atoms with Gasteiger partial charge < -0.3 is 14.8 Å². The van der Waals surface area contributed by atoms with Crippen LogP contribution in [0.5, 0.6) is 11.5 Å². The molecular formula is C26H25N5O5S2. The molecule has 1 heterocycles. The van der Waals surface area contributed by atoms with Crippen molar-refractivity contribution in [2.45, 2.75) is 16.5 Å². The van der Waals surface area contributed by atoms with Crippen LogP contribution in [0.4, 0.5) is 5.69 Å². The molecule has 12 heteroatoms. The fraction of sp³-hybridized carbons (Fsp3) is 0.154. The third-order valence-electron chi connectivity index (χ3n) is 5.42. The molecule has 0 spiro atoms. The molecule has 10 nitrogen and oxygen atoms in total. The summed E-state index contributed by atoms with van der Waals surface area (Å²) in [6, 6.07) is 20.6. The molecular weight excluding hydrogens is 526 g/mol. The lowest BCUT2D eigenvalue weighted by Gasteiger charge is -2.11. The first-order chi connectivity index (χ1) is 18.3. The minimum absolute atomic E-state index is 0.0264. The highest BCUT2D eigenvalue weighted by atomic mass is 32.2. The standard InChI is InChI=1S/C26H25N5O5S2/c1-35-20-9-3-17(4-10-20)24-25(18-5-11-21(36-2)12-6-18)30-31-26(29-24)37-16-15-23(32)28-19-7-13-22(14-8-19)38(27,33)34/h3-14H,15-16H2,1-2H3,(H,28,32)(H2,27,33,34). The van der Waals surface area contributed by atoms with Crippen molar-refractivity contribution >= 4 is 33.4 Å². The lowest BCUT2D eigenvalue weighted by molar-refractivity contribution is -0.115. The van der Waals surface area contributed by atoms with Gasteiger partial charge in [-0.15, -0.1) is 10.2 Å². The van der Waals surface area contributed by atoms with Crippen molar-refractivity contribution < 1.29 is 22.7 Å². The van der Waals surface area contributed by atoms with Crippen molar-refractivity contribution in [1.29, 1.82) is 0 Å². The maximum Gasteiger partial charge on any atom is 0.238 e. The molecule has 0 bridgehead atoms. The van der Waals surface area contributed by atoms with Gasteiger partial charge in [0, 0.05) is 29.0 Å². The highest BCUT2D eigenvalue weighted by molar-refractivity contribution is 7.99. The molecule has 3 aromatic carbocycles. The molecule has 0 saturated heterocycles. The van der Waals surface area contributed by atoms with Crippen molar-refractivity contribution in [1.82, 2.24) is 15.2 Å². The number of primary sulfonamides is 1. The van der Waals surface area contributed by atoms with Crippen LogP contribution in [0.2, 0.25) is 0 Å². The highest BCUT2D eigenvalue weighted by Crippen LogP contribution is 2.32. The number of benzene rings is 3. The Morgan fingerprint density at radius 3 is 1.92 bits per heavy atom. The van der Waals surface area contributed by atoms with Gasteiger partial charge in [0.2, 0.25) is 21.1 Å². The van der Waals surface area contributed by atoms with E-state index >= 15 is 0 Å². The Labute approximate surface area is 224 Å². The Kier molecular flexibility index (Phi) is 8.56. The summed E-state index contributed by atoms with van der Waals surface area (Å²) in [5.74, 6) is 1.62. The smallest absolute Gasteiger partial charge is 0.238 e. The van der Waals surface area contributed by atoms with Crippen molar-refractivity contribution in [2.75, 3.05) is 25.3 Å². The average molecular weight is 552 g/mol. The van der Waals surface area contributed by atoms with Crippen LogP contribution < -0.4 is 19.9 Å². The second kappa shape index (κ2) is 12.0. The summed E-state index contributed by atoms with van der Waals surface area (Å²) in [6.07, 6.45) is 0.184. The molecule has 4 rings (SSSR count). The van der Waals surface area contributed by atoms with Crippen LogP contribution in [0.3, 0.4) is 0 Å². The van der Waals surface area contributed by atoms with E-state index in [4.69, 9.17) is 19.6 Å². The van der Waals surface area contributed by atoms with Crippen LogP contribution in [0.1, 0.15) is 6.42 Å². The number of carbonyl (C=O) groups is 1. The number of rotatable bonds is 10. The third-order valence-corrected chi connectivity index (χ3v) is 7.19. The van der Waals surface area contributed by atoms with E-state index in [1.54, 1.807) is 14.2 Å². The molecule has 0 saturated carbocycles. The minimum atomic E-state index is -3.79. The van der Waals surface area contributed by atoms with E-state index in [9.17, 15) is 13.2 Å². The maximum absolute atomic E-state index is 12.4. The predicted molar refractivity (Wildman–Crippen MR) is 146 cm³/mol. The van der Waals surface area contributed by atoms with E-state index in [1.807, 2.05) is 48.5 Å². The number of methoxy groups -OCH3 is 2. The zero-order chi connectivity index (χ0) is 27.1. The van der Waals surface area contributed by atoms with E-state index in [0.29, 0.717) is 28.0 Å². The average Bonchev–Trinajstić information content (AvgIpc) is 2.93. The molecule has 38 heavy (non-hydrogen) atoms. The second-order valence-corrected chi connectivity index (χ2v) is 10.6. The summed E-state index contributed by atoms with van der Waals surface area (Å²) >= 11 is 1.31. The zero-order valence-corrected chi connectivity index (χ0v) is 22.3. The maximum atomic E-state index is 12.4. The summed E-state index contributed by atoms with van der Waals surface area (Å²) in [6.45, 7) is 0. The fourth-order valence-corrected chi connectivity index (χ4v) is 4.69. The Morgan fingerprint density at radius 2 is 1.39 bits per heavy atom. The molecule has 0 aliphatic rings. The van der Waals surface area contributed by atoms with Crippen molar-refractivity contribution in [3.63, 3.8) is 0 Å². The summed E-state index contributed by atoms with van der Waals surface area (Å²) in [5, 5.41) is 17.0. The van der Waals surface area contributed by atoms with Crippen molar-refractivity contribution in [3.8, 4) is 34.0 Å². The number of nitrogens with two attached hydrogens (primary N) is 1. The normalized spacial score (nSPS) is 11.1. The van der Waals surface area contributed by atoms with Crippen molar-refractivity contribution in [2.24, 2.45) is 5.14 Å². The number of anilines is 1. The van der Waals surface area contributed by atoms with Gasteiger partial charge in [0.05, 0.1) is 19.1 Å². The van der Waals surface area contributed by atoms with Gasteiger partial charge in [0.1, 0.15) is 22.9 Å². The number of nitrogens with one attached hydrogen (secondary N) is 1. The van der Waals surface area contributed by atoms with Crippen LogP contribution in [-0.4, -0.2) is 49.5 Å². The molecule has 0 aliphatic carbocycles. The number of nitrogens with zero attached hydrogens (tertiary/aromatic N) is 3. The molecule has 0 radical (unpaired) electrons. The van der Waals surface area contributed by atoms with E-state index in [1.165, 1.54) is 36.0 Å². The number of amides is 1. The summed E-state index contributed by atoms with van der Waals surface area (Å²) < 4.78 is 33.3. The Balaban J connectivity index is 1.47. The van der Waals surface area contributed by atoms with Crippen LogP contribution >= 0.6 is 11.8 Å². The predicted octanol–water partition coefficient (Wildman–Crippen LogP) is 3.99. The summed E-state index contributed by atoms with van der Waals surface area (Å²) in [7, 11) is -0.580. The first-order valence-corrected chi connectivity index (χ1v) is 13.9. The number of thioether (sulfide) groups is 1. The molecule has 1 amide bonds. The van der Waals surface area contributed by atoms with Gasteiger partial charge in [0.15, 0.2) is 0 Å². The number of carbonyl (C=O) groups excluding carboxylic acids is 1. The van der Waals surface area contributed by atoms with Gasteiger partial charge in [-0.05, 0) is 72.8 Å². The second-order valence-electron chi connectivity index (χ2n) is 7.96. The Bertz CT molecular complexity index is 1510. The highest BCUT2D eigenvalue weighted by Gasteiger charge is 2.15. The number of ether oxygens (including phenoxy) is 2. The lowest BCUT2D eigenvalue weighted by atomic mass is 10.0. The third kappa shape index (κ3) is 6.85. The van der Waals surface area contributed by atoms with Crippen LogP contribution in [0.15, 0.2) is 82.8 Å². The quantitative estimate of drug-likeness (QED) is 0.279. The monoisotopic (exact) mass is 551 g/mol. The minimum Gasteiger partial charge on any atom is -0.497 e. The SMILES string of the molecule is COc1ccc(-c2nnc(SCCC(=O)Nc3ccc(S(N)(=O)=O)cc3)nc2-c2ccc(OC)cc2)cc1. The molecule has 0 unspecified atom stereocenters. The number of hydrogen-bond acceptors (Lipinski definition) is 9. The van der Waals surface area contributed by atoms with E-state index in [0.717, 1.165) is 22.6 Å². The summed E-state index contributed by atoms with van der Waals surface area (Å²) in [5.41, 5.74) is 3.41. The first-order valence-electron chi connectivity index (χ1n) is 11.4. The van der Waals surface area contributed by atoms with Crippen LogP contribution in [0.25, 0.3) is 22.5 Å². The van der Waals surface area contributed by atoms with Crippen LogP contribution in [-0.2, 0) is 14.8 Å². The van der Waals surface area contributed by atoms with Gasteiger partial charge >= 0.3 is 0 Å². The van der Waals surface area contributed by atoms with Gasteiger partial charge in [-0.3, -0.25) is 4.79 Å². The Hall–Kier alpha value is -4.00. The van der Waals surface area contributed by atoms with Crippen LogP contribution in [0, 0.1) is 0 Å². The van der Waals surface area contributed by atoms with Gasteiger partial charge in [-0.1, -0.05) is 11.8 Å². The fourth-order valence-electron chi connectivity index (χ4n) is 3.45. The summed E-state index contributed by atoms with van der Waals surface area (Å²) in [4.78, 5) is 17.1. The molecule has 0 atom stereocenters. The Morgan fingerprint density at radius 1 is 0.842 bits per heavy atom. The molecule has 1 aromatic heterocycles. The van der Waals surface area contributed by atoms with Gasteiger partial charge in [-0.2, -0.15) is 0 Å². The number of hydrogen-bond donors (Lipinski definition) is 2. The van der Waals surface area contributed by atoms with Gasteiger partial charge in [0.25, 0.3) is 0 Å². The van der Waals surface area contributed by atoms with E-state index in [2.05, 4.69) is 15.5 Å². The molecule has 3 N–H and O–H groups in total. The van der Waals surface area contributed by atoms with E-state index < -0.39 is 10.0 Å². The number of sulfonamides is 1. The molecule has 4 aromatic rings. The molecule has 196 valence electrons. The van der Waals surface area contributed by atoms with E-state index in [-0.39, 0.29) is 17.2 Å². The van der Waals surface area contributed by atoms with Crippen molar-refractivity contribution in [3.05, 3.63) is 72.8 Å². The zero-order valence-electron chi connectivity index (χ0n) is 20.6. The molecule has 0 fully saturated rings. The topological polar surface area (TPSA) is 146 Å².